The average Bonchev–Trinajstić information content (AvgIpc) is 3.35. The van der Waals surface area contributed by atoms with Crippen LogP contribution in [-0.4, -0.2) is 28.0 Å². The van der Waals surface area contributed by atoms with Crippen molar-refractivity contribution in [3.05, 3.63) is 41.6 Å². The van der Waals surface area contributed by atoms with E-state index in [-0.39, 0.29) is 11.9 Å². The van der Waals surface area contributed by atoms with E-state index in [0.717, 1.165) is 46.7 Å². The molecule has 1 saturated carbocycles. The maximum absolute atomic E-state index is 11.5. The van der Waals surface area contributed by atoms with Gasteiger partial charge in [-0.15, -0.1) is 22.7 Å². The number of aromatic nitrogens is 2. The van der Waals surface area contributed by atoms with Crippen molar-refractivity contribution in [1.82, 2.24) is 15.3 Å². The Balaban J connectivity index is 1.46. The first-order chi connectivity index (χ1) is 13.2. The molecule has 140 valence electrons. The van der Waals surface area contributed by atoms with Crippen molar-refractivity contribution in [2.24, 2.45) is 0 Å². The molecule has 3 heterocycles. The van der Waals surface area contributed by atoms with Gasteiger partial charge in [-0.25, -0.2) is 4.98 Å². The number of carbonyl (C=O) groups is 1. The number of carbonyl (C=O) groups excluding carboxylic acids is 1. The molecule has 0 atom stereocenters. The minimum absolute atomic E-state index is 0.0909. The third kappa shape index (κ3) is 4.28. The molecule has 0 saturated heterocycles. The molecule has 3 aromatic rings. The number of hydrogen-bond donors (Lipinski definition) is 3. The zero-order valence-corrected chi connectivity index (χ0v) is 16.4. The highest BCUT2D eigenvalue weighted by molar-refractivity contribution is 7.17. The second kappa shape index (κ2) is 8.06. The normalized spacial score (nSPS) is 19.6. The van der Waals surface area contributed by atoms with Gasteiger partial charge < -0.3 is 16.0 Å². The molecule has 0 aliphatic heterocycles. The van der Waals surface area contributed by atoms with Crippen LogP contribution in [0.25, 0.3) is 10.2 Å². The van der Waals surface area contributed by atoms with Gasteiger partial charge in [0.1, 0.15) is 5.82 Å². The summed E-state index contributed by atoms with van der Waals surface area (Å²) in [6.45, 7) is 3.51. The zero-order valence-electron chi connectivity index (χ0n) is 14.8. The van der Waals surface area contributed by atoms with Gasteiger partial charge in [0, 0.05) is 12.1 Å². The van der Waals surface area contributed by atoms with Gasteiger partial charge >= 0.3 is 0 Å². The molecule has 8 heteroatoms. The molecule has 1 fully saturated rings. The van der Waals surface area contributed by atoms with Gasteiger partial charge in [-0.05, 0) is 60.7 Å². The summed E-state index contributed by atoms with van der Waals surface area (Å²) < 4.78 is 1.08. The summed E-state index contributed by atoms with van der Waals surface area (Å²) in [6.07, 6.45) is 5.23. The van der Waals surface area contributed by atoms with E-state index in [1.54, 1.807) is 22.7 Å². The number of anilines is 3. The monoisotopic (exact) mass is 399 g/mol. The molecule has 4 rings (SSSR count). The number of rotatable bonds is 6. The summed E-state index contributed by atoms with van der Waals surface area (Å²) in [5, 5.41) is 15.0. The lowest BCUT2D eigenvalue weighted by Crippen LogP contribution is -2.39. The van der Waals surface area contributed by atoms with Crippen LogP contribution in [0.1, 0.15) is 25.7 Å². The summed E-state index contributed by atoms with van der Waals surface area (Å²) in [6, 6.07) is 6.61. The summed E-state index contributed by atoms with van der Waals surface area (Å²) in [5.74, 6) is 1.40. The van der Waals surface area contributed by atoms with Gasteiger partial charge in [-0.1, -0.05) is 6.58 Å². The first-order valence-corrected chi connectivity index (χ1v) is 10.7. The average molecular weight is 400 g/mol. The lowest BCUT2D eigenvalue weighted by atomic mass is 9.91. The van der Waals surface area contributed by atoms with Crippen LogP contribution >= 0.6 is 22.7 Å². The van der Waals surface area contributed by atoms with E-state index >= 15 is 0 Å². The third-order valence-corrected chi connectivity index (χ3v) is 6.36. The molecule has 3 N–H and O–H groups in total. The van der Waals surface area contributed by atoms with Crippen LogP contribution in [0.3, 0.4) is 0 Å². The quantitative estimate of drug-likeness (QED) is 0.531. The lowest BCUT2D eigenvalue weighted by molar-refractivity contribution is -0.117. The molecule has 1 amide bonds. The second-order valence-corrected chi connectivity index (χ2v) is 8.40. The number of thiophene rings is 2. The first-order valence-electron chi connectivity index (χ1n) is 8.96. The second-order valence-electron chi connectivity index (χ2n) is 6.54. The number of nitrogens with zero attached hydrogens (tertiary/aromatic N) is 2. The van der Waals surface area contributed by atoms with Crippen LogP contribution in [-0.2, 0) is 4.79 Å². The van der Waals surface area contributed by atoms with Crippen molar-refractivity contribution in [1.29, 1.82) is 0 Å². The summed E-state index contributed by atoms with van der Waals surface area (Å²) in [7, 11) is 0. The fourth-order valence-electron chi connectivity index (χ4n) is 3.31. The van der Waals surface area contributed by atoms with E-state index in [1.165, 1.54) is 6.08 Å². The fourth-order valence-corrected chi connectivity index (χ4v) is 4.71. The molecule has 27 heavy (non-hydrogen) atoms. The molecule has 0 aromatic carbocycles. The minimum atomic E-state index is -0.0909. The van der Waals surface area contributed by atoms with Crippen LogP contribution in [0.15, 0.2) is 41.6 Å². The van der Waals surface area contributed by atoms with E-state index in [4.69, 9.17) is 4.98 Å². The zero-order chi connectivity index (χ0) is 18.6. The molecule has 1 aliphatic rings. The largest absolute Gasteiger partial charge is 0.366 e. The minimum Gasteiger partial charge on any atom is -0.366 e. The Morgan fingerprint density at radius 3 is 2.67 bits per heavy atom. The fraction of sp³-hybridized carbons (Fsp3) is 0.316. The van der Waals surface area contributed by atoms with Gasteiger partial charge in [0.05, 0.1) is 15.2 Å². The Labute approximate surface area is 165 Å². The molecule has 1 aliphatic carbocycles. The Hall–Kier alpha value is -2.45. The molecular weight excluding hydrogens is 378 g/mol. The SMILES string of the molecule is C=CC(=O)N[C@H]1CC[C@@H](Nc2nc(Nc3cccs3)nc3ccsc23)CC1. The van der Waals surface area contributed by atoms with Crippen LogP contribution in [0, 0.1) is 0 Å². The number of hydrogen-bond acceptors (Lipinski definition) is 7. The van der Waals surface area contributed by atoms with E-state index < -0.39 is 0 Å². The van der Waals surface area contributed by atoms with Gasteiger partial charge in [0.2, 0.25) is 11.9 Å². The molecule has 6 nitrogen and oxygen atoms in total. The molecule has 0 bridgehead atoms. The summed E-state index contributed by atoms with van der Waals surface area (Å²) >= 11 is 3.27. The van der Waals surface area contributed by atoms with Crippen LogP contribution in [0.2, 0.25) is 0 Å². The molecule has 0 radical (unpaired) electrons. The molecule has 0 unspecified atom stereocenters. The number of nitrogens with one attached hydrogen (secondary N) is 3. The highest BCUT2D eigenvalue weighted by Crippen LogP contribution is 2.31. The number of fused-ring (bicyclic) bond motifs is 1. The van der Waals surface area contributed by atoms with Gasteiger partial charge in [0.15, 0.2) is 0 Å². The van der Waals surface area contributed by atoms with E-state index in [1.807, 2.05) is 29.0 Å². The molecule has 0 spiro atoms. The maximum atomic E-state index is 11.5. The van der Waals surface area contributed by atoms with Crippen molar-refractivity contribution >= 4 is 55.6 Å². The van der Waals surface area contributed by atoms with Crippen LogP contribution in [0.4, 0.5) is 16.8 Å². The third-order valence-electron chi connectivity index (χ3n) is 4.66. The predicted octanol–water partition coefficient (Wildman–Crippen LogP) is 4.52. The first kappa shape index (κ1) is 17.9. The van der Waals surface area contributed by atoms with Crippen molar-refractivity contribution in [3.63, 3.8) is 0 Å². The van der Waals surface area contributed by atoms with E-state index in [0.29, 0.717) is 12.0 Å². The molecule has 3 aromatic heterocycles. The lowest BCUT2D eigenvalue weighted by Gasteiger charge is -2.29. The topological polar surface area (TPSA) is 78.9 Å². The Bertz CT molecular complexity index is 929. The van der Waals surface area contributed by atoms with Gasteiger partial charge in [-0.3, -0.25) is 4.79 Å². The van der Waals surface area contributed by atoms with Crippen molar-refractivity contribution in [3.8, 4) is 0 Å². The Kier molecular flexibility index (Phi) is 5.35. The standard InChI is InChI=1S/C19H21N5OS2/c1-2-15(25)20-12-5-7-13(8-6-12)21-18-17-14(9-11-27-17)22-19(24-18)23-16-4-3-10-26-16/h2-4,9-13H,1,5-8H2,(H,20,25)(H2,21,22,23,24)/t12-,13+. The van der Waals surface area contributed by atoms with Crippen molar-refractivity contribution in [2.45, 2.75) is 37.8 Å². The maximum Gasteiger partial charge on any atom is 0.243 e. The highest BCUT2D eigenvalue weighted by Gasteiger charge is 2.23. The summed E-state index contributed by atoms with van der Waals surface area (Å²) in [5.41, 5.74) is 0.948. The van der Waals surface area contributed by atoms with Gasteiger partial charge in [0.25, 0.3) is 0 Å². The van der Waals surface area contributed by atoms with Crippen molar-refractivity contribution < 1.29 is 4.79 Å². The van der Waals surface area contributed by atoms with Crippen LogP contribution < -0.4 is 16.0 Å². The highest BCUT2D eigenvalue weighted by atomic mass is 32.1. The van der Waals surface area contributed by atoms with Gasteiger partial charge in [-0.2, -0.15) is 4.98 Å². The number of amides is 1. The Morgan fingerprint density at radius 1 is 1.11 bits per heavy atom. The predicted molar refractivity (Wildman–Crippen MR) is 113 cm³/mol. The van der Waals surface area contributed by atoms with Crippen LogP contribution in [0.5, 0.6) is 0 Å². The smallest absolute Gasteiger partial charge is 0.243 e. The van der Waals surface area contributed by atoms with E-state index in [9.17, 15) is 4.79 Å². The van der Waals surface area contributed by atoms with E-state index in [2.05, 4.69) is 27.5 Å². The van der Waals surface area contributed by atoms with Crippen molar-refractivity contribution in [2.75, 3.05) is 10.6 Å². The Morgan fingerprint density at radius 2 is 1.93 bits per heavy atom. The summed E-state index contributed by atoms with van der Waals surface area (Å²) in [4.78, 5) is 20.8. The molecular formula is C19H21N5OS2.